The van der Waals surface area contributed by atoms with E-state index in [1.807, 2.05) is 48.7 Å². The molecule has 5 rings (SSSR count). The molecule has 1 saturated heterocycles. The first-order chi connectivity index (χ1) is 15.7. The van der Waals surface area contributed by atoms with Gasteiger partial charge in [0, 0.05) is 36.7 Å². The molecule has 32 heavy (non-hydrogen) atoms. The zero-order valence-electron chi connectivity index (χ0n) is 18.3. The van der Waals surface area contributed by atoms with Gasteiger partial charge in [-0.1, -0.05) is 30.3 Å². The predicted molar refractivity (Wildman–Crippen MR) is 124 cm³/mol. The van der Waals surface area contributed by atoms with E-state index in [1.165, 1.54) is 4.90 Å². The number of nitrogens with zero attached hydrogens (tertiary/aromatic N) is 2. The Morgan fingerprint density at radius 3 is 2.44 bits per heavy atom. The van der Waals surface area contributed by atoms with Gasteiger partial charge < -0.3 is 14.6 Å². The number of methoxy groups -OCH3 is 1. The van der Waals surface area contributed by atoms with Crippen molar-refractivity contribution in [3.8, 4) is 5.75 Å². The number of ether oxygens (including phenoxy) is 1. The molecule has 0 aliphatic carbocycles. The van der Waals surface area contributed by atoms with Crippen molar-refractivity contribution in [1.29, 1.82) is 0 Å². The third-order valence-corrected chi connectivity index (χ3v) is 6.47. The van der Waals surface area contributed by atoms with Crippen molar-refractivity contribution in [3.63, 3.8) is 0 Å². The maximum absolute atomic E-state index is 13.5. The SMILES string of the molecule is COc1ccc(C2=C(N3CCCCC3)C(=O)N(CCc3c[nH]c4ccccc34)C2=O)cc1. The summed E-state index contributed by atoms with van der Waals surface area (Å²) in [6.45, 7) is 1.98. The summed E-state index contributed by atoms with van der Waals surface area (Å²) in [5, 5.41) is 1.13. The first-order valence-corrected chi connectivity index (χ1v) is 11.2. The van der Waals surface area contributed by atoms with Gasteiger partial charge in [-0.15, -0.1) is 0 Å². The fraction of sp³-hybridized carbons (Fsp3) is 0.308. The lowest BCUT2D eigenvalue weighted by atomic mass is 10.0. The van der Waals surface area contributed by atoms with E-state index < -0.39 is 0 Å². The van der Waals surface area contributed by atoms with Gasteiger partial charge in [0.25, 0.3) is 11.8 Å². The minimum Gasteiger partial charge on any atom is -0.497 e. The molecule has 3 aromatic rings. The molecule has 3 heterocycles. The third-order valence-electron chi connectivity index (χ3n) is 6.47. The first kappa shape index (κ1) is 20.4. The minimum absolute atomic E-state index is 0.178. The summed E-state index contributed by atoms with van der Waals surface area (Å²) in [6.07, 6.45) is 5.82. The van der Waals surface area contributed by atoms with Crippen molar-refractivity contribution in [3.05, 3.63) is 71.6 Å². The van der Waals surface area contributed by atoms with E-state index in [0.29, 0.717) is 24.2 Å². The zero-order valence-corrected chi connectivity index (χ0v) is 18.3. The predicted octanol–water partition coefficient (Wildman–Crippen LogP) is 3.99. The number of rotatable bonds is 6. The van der Waals surface area contributed by atoms with Gasteiger partial charge in [0.15, 0.2) is 0 Å². The van der Waals surface area contributed by atoms with E-state index in [0.717, 1.165) is 60.1 Å². The number of benzene rings is 2. The molecule has 6 nitrogen and oxygen atoms in total. The van der Waals surface area contributed by atoms with Gasteiger partial charge in [0.05, 0.1) is 12.7 Å². The summed E-state index contributed by atoms with van der Waals surface area (Å²) in [5.41, 5.74) is 4.00. The molecular weight excluding hydrogens is 402 g/mol. The quantitative estimate of drug-likeness (QED) is 0.602. The highest BCUT2D eigenvalue weighted by Crippen LogP contribution is 2.34. The van der Waals surface area contributed by atoms with Crippen LogP contribution in [0.15, 0.2) is 60.4 Å². The van der Waals surface area contributed by atoms with Crippen molar-refractivity contribution >= 4 is 28.3 Å². The van der Waals surface area contributed by atoms with E-state index in [9.17, 15) is 9.59 Å². The maximum atomic E-state index is 13.5. The van der Waals surface area contributed by atoms with Crippen LogP contribution in [0.1, 0.15) is 30.4 Å². The largest absolute Gasteiger partial charge is 0.497 e. The van der Waals surface area contributed by atoms with Crippen molar-refractivity contribution in [2.75, 3.05) is 26.7 Å². The molecule has 0 saturated carbocycles. The van der Waals surface area contributed by atoms with Gasteiger partial charge in [-0.2, -0.15) is 0 Å². The van der Waals surface area contributed by atoms with Gasteiger partial charge in [-0.05, 0) is 55.0 Å². The van der Waals surface area contributed by atoms with E-state index in [2.05, 4.69) is 16.0 Å². The number of aromatic amines is 1. The van der Waals surface area contributed by atoms with Gasteiger partial charge in [-0.3, -0.25) is 14.5 Å². The van der Waals surface area contributed by atoms with Crippen LogP contribution in [0.2, 0.25) is 0 Å². The molecule has 2 aromatic carbocycles. The van der Waals surface area contributed by atoms with E-state index >= 15 is 0 Å². The molecule has 0 radical (unpaired) electrons. The summed E-state index contributed by atoms with van der Waals surface area (Å²) in [5.74, 6) is 0.338. The summed E-state index contributed by atoms with van der Waals surface area (Å²) in [6, 6.07) is 15.5. The molecule has 2 aliphatic rings. The van der Waals surface area contributed by atoms with Crippen LogP contribution in [-0.2, 0) is 16.0 Å². The molecule has 2 amide bonds. The second-order valence-corrected chi connectivity index (χ2v) is 8.37. The molecule has 164 valence electrons. The number of imide groups is 1. The van der Waals surface area contributed by atoms with Crippen molar-refractivity contribution in [1.82, 2.24) is 14.8 Å². The van der Waals surface area contributed by atoms with Gasteiger partial charge in [0.2, 0.25) is 0 Å². The number of carbonyl (C=O) groups excluding carboxylic acids is 2. The van der Waals surface area contributed by atoms with Gasteiger partial charge >= 0.3 is 0 Å². The molecule has 1 N–H and O–H groups in total. The van der Waals surface area contributed by atoms with Crippen molar-refractivity contribution < 1.29 is 14.3 Å². The standard InChI is InChI=1S/C26H27N3O3/c1-32-20-11-9-18(10-12-20)23-24(28-14-5-2-6-15-28)26(31)29(25(23)30)16-13-19-17-27-22-8-4-3-7-21(19)22/h3-4,7-12,17,27H,2,5-6,13-16H2,1H3. The van der Waals surface area contributed by atoms with E-state index in [4.69, 9.17) is 4.74 Å². The zero-order chi connectivity index (χ0) is 22.1. The number of piperidine rings is 1. The van der Waals surface area contributed by atoms with Gasteiger partial charge in [0.1, 0.15) is 11.4 Å². The minimum atomic E-state index is -0.208. The molecule has 0 atom stereocenters. The lowest BCUT2D eigenvalue weighted by molar-refractivity contribution is -0.137. The lowest BCUT2D eigenvalue weighted by Gasteiger charge is -2.29. The van der Waals surface area contributed by atoms with Crippen LogP contribution in [-0.4, -0.2) is 53.3 Å². The number of hydrogen-bond acceptors (Lipinski definition) is 4. The summed E-state index contributed by atoms with van der Waals surface area (Å²) >= 11 is 0. The Kier molecular flexibility index (Phi) is 5.43. The van der Waals surface area contributed by atoms with Crippen molar-refractivity contribution in [2.45, 2.75) is 25.7 Å². The highest BCUT2D eigenvalue weighted by atomic mass is 16.5. The average molecular weight is 430 g/mol. The van der Waals surface area contributed by atoms with E-state index in [1.54, 1.807) is 7.11 Å². The van der Waals surface area contributed by atoms with Crippen LogP contribution in [0, 0.1) is 0 Å². The number of aromatic nitrogens is 1. The molecule has 0 spiro atoms. The summed E-state index contributed by atoms with van der Waals surface area (Å²) in [7, 11) is 1.62. The van der Waals surface area contributed by atoms with Crippen LogP contribution in [0.25, 0.3) is 16.5 Å². The Labute approximate surface area is 187 Å². The Balaban J connectivity index is 1.45. The number of amides is 2. The fourth-order valence-electron chi connectivity index (χ4n) is 4.77. The Morgan fingerprint density at radius 2 is 1.69 bits per heavy atom. The number of H-pyrrole nitrogens is 1. The summed E-state index contributed by atoms with van der Waals surface area (Å²) in [4.78, 5) is 33.8. The highest BCUT2D eigenvalue weighted by molar-refractivity contribution is 6.35. The van der Waals surface area contributed by atoms with Crippen molar-refractivity contribution in [2.24, 2.45) is 0 Å². The van der Waals surface area contributed by atoms with E-state index in [-0.39, 0.29) is 11.8 Å². The Morgan fingerprint density at radius 1 is 0.938 bits per heavy atom. The van der Waals surface area contributed by atoms with Crippen LogP contribution >= 0.6 is 0 Å². The summed E-state index contributed by atoms with van der Waals surface area (Å²) < 4.78 is 5.27. The number of nitrogens with one attached hydrogen (secondary N) is 1. The molecule has 1 aromatic heterocycles. The smallest absolute Gasteiger partial charge is 0.277 e. The molecule has 2 aliphatic heterocycles. The van der Waals surface area contributed by atoms with Crippen LogP contribution in [0.3, 0.4) is 0 Å². The molecule has 0 bridgehead atoms. The first-order valence-electron chi connectivity index (χ1n) is 11.2. The Bertz CT molecular complexity index is 1190. The topological polar surface area (TPSA) is 65.6 Å². The average Bonchev–Trinajstić information content (AvgIpc) is 3.36. The second kappa shape index (κ2) is 8.54. The van der Waals surface area contributed by atoms with Crippen LogP contribution in [0.5, 0.6) is 5.75 Å². The number of likely N-dealkylation sites (tertiary alicyclic amines) is 1. The van der Waals surface area contributed by atoms with Crippen LogP contribution < -0.4 is 4.74 Å². The van der Waals surface area contributed by atoms with Crippen LogP contribution in [0.4, 0.5) is 0 Å². The molecule has 6 heteroatoms. The lowest BCUT2D eigenvalue weighted by Crippen LogP contribution is -2.38. The highest BCUT2D eigenvalue weighted by Gasteiger charge is 2.41. The monoisotopic (exact) mass is 429 g/mol. The molecular formula is C26H27N3O3. The molecule has 1 fully saturated rings. The normalized spacial score (nSPS) is 17.0. The van der Waals surface area contributed by atoms with Gasteiger partial charge in [-0.25, -0.2) is 0 Å². The molecule has 0 unspecified atom stereocenters. The number of carbonyl (C=O) groups is 2. The maximum Gasteiger partial charge on any atom is 0.277 e. The fourth-order valence-corrected chi connectivity index (χ4v) is 4.77. The third kappa shape index (κ3) is 3.55. The number of fused-ring (bicyclic) bond motifs is 1. The number of para-hydroxylation sites is 1. The second-order valence-electron chi connectivity index (χ2n) is 8.37. The number of hydrogen-bond donors (Lipinski definition) is 1. The Hall–Kier alpha value is -3.54.